The van der Waals surface area contributed by atoms with Gasteiger partial charge in [-0.1, -0.05) is 20.3 Å². The van der Waals surface area contributed by atoms with Gasteiger partial charge in [-0.2, -0.15) is 0 Å². The molecule has 0 bridgehead atoms. The van der Waals surface area contributed by atoms with Gasteiger partial charge < -0.3 is 9.84 Å². The van der Waals surface area contributed by atoms with Crippen LogP contribution in [0.5, 0.6) is 0 Å². The number of carboxylic acids is 1. The zero-order chi connectivity index (χ0) is 15.8. The molecule has 0 spiro atoms. The summed E-state index contributed by atoms with van der Waals surface area (Å²) in [5.41, 5.74) is 0. The molecule has 20 heavy (non-hydrogen) atoms. The van der Waals surface area contributed by atoms with Crippen LogP contribution in [0.15, 0.2) is 0 Å². The van der Waals surface area contributed by atoms with Gasteiger partial charge in [-0.3, -0.25) is 9.59 Å². The van der Waals surface area contributed by atoms with E-state index >= 15 is 0 Å². The summed E-state index contributed by atoms with van der Waals surface area (Å²) in [6.07, 6.45) is 1.74. The molecule has 0 aliphatic heterocycles. The van der Waals surface area contributed by atoms with E-state index in [4.69, 9.17) is 5.11 Å². The first-order valence-electron chi connectivity index (χ1n) is 6.49. The fourth-order valence-corrected chi connectivity index (χ4v) is 3.03. The molecule has 0 saturated heterocycles. The Morgan fingerprint density at radius 2 is 1.80 bits per heavy atom. The summed E-state index contributed by atoms with van der Waals surface area (Å²) >= 11 is 0. The second-order valence-electron chi connectivity index (χ2n) is 4.88. The van der Waals surface area contributed by atoms with Gasteiger partial charge in [-0.25, -0.2) is 13.1 Å². The predicted molar refractivity (Wildman–Crippen MR) is 73.7 cm³/mol. The van der Waals surface area contributed by atoms with Crippen molar-refractivity contribution in [2.24, 2.45) is 5.92 Å². The van der Waals surface area contributed by atoms with Gasteiger partial charge in [-0.05, 0) is 18.8 Å². The molecule has 7 nitrogen and oxygen atoms in total. The smallest absolute Gasteiger partial charge is 0.321 e. The van der Waals surface area contributed by atoms with E-state index in [1.807, 2.05) is 0 Å². The number of ether oxygens (including phenoxy) is 1. The van der Waals surface area contributed by atoms with Crippen LogP contribution in [0, 0.1) is 5.92 Å². The number of hydrogen-bond acceptors (Lipinski definition) is 5. The lowest BCUT2D eigenvalue weighted by Crippen LogP contribution is -2.45. The van der Waals surface area contributed by atoms with E-state index in [-0.39, 0.29) is 24.1 Å². The number of sulfonamides is 1. The summed E-state index contributed by atoms with van der Waals surface area (Å²) in [6, 6.07) is -1.12. The van der Waals surface area contributed by atoms with E-state index in [0.29, 0.717) is 19.3 Å². The zero-order valence-electron chi connectivity index (χ0n) is 12.1. The first-order chi connectivity index (χ1) is 9.19. The fourth-order valence-electron chi connectivity index (χ4n) is 1.56. The number of esters is 1. The zero-order valence-corrected chi connectivity index (χ0v) is 12.9. The fraction of sp³-hybridized carbons (Fsp3) is 0.833. The van der Waals surface area contributed by atoms with Crippen molar-refractivity contribution in [2.45, 2.75) is 45.6 Å². The van der Waals surface area contributed by atoms with Crippen LogP contribution in [0.2, 0.25) is 0 Å². The molecular formula is C12H23NO6S. The normalized spacial score (nSPS) is 13.2. The van der Waals surface area contributed by atoms with E-state index < -0.39 is 22.0 Å². The van der Waals surface area contributed by atoms with Gasteiger partial charge in [0.1, 0.15) is 6.04 Å². The van der Waals surface area contributed by atoms with Crippen LogP contribution < -0.4 is 4.72 Å². The average molecular weight is 309 g/mol. The number of hydrogen-bond donors (Lipinski definition) is 2. The van der Waals surface area contributed by atoms with E-state index in [2.05, 4.69) is 9.46 Å². The molecule has 0 heterocycles. The number of methoxy groups -OCH3 is 1. The van der Waals surface area contributed by atoms with Gasteiger partial charge in [0.15, 0.2) is 0 Å². The molecule has 8 heteroatoms. The minimum Gasteiger partial charge on any atom is -0.480 e. The van der Waals surface area contributed by atoms with Crippen LogP contribution in [0.25, 0.3) is 0 Å². The maximum absolute atomic E-state index is 11.7. The maximum atomic E-state index is 11.7. The second-order valence-corrected chi connectivity index (χ2v) is 6.76. The van der Waals surface area contributed by atoms with Crippen LogP contribution in [0.1, 0.15) is 39.5 Å². The number of rotatable bonds is 10. The molecule has 118 valence electrons. The van der Waals surface area contributed by atoms with Crippen molar-refractivity contribution in [3.05, 3.63) is 0 Å². The van der Waals surface area contributed by atoms with Crippen molar-refractivity contribution in [3.63, 3.8) is 0 Å². The van der Waals surface area contributed by atoms with Crippen molar-refractivity contribution in [1.82, 2.24) is 4.72 Å². The van der Waals surface area contributed by atoms with Crippen molar-refractivity contribution >= 4 is 22.0 Å². The highest BCUT2D eigenvalue weighted by atomic mass is 32.2. The minimum atomic E-state index is -3.62. The molecule has 0 amide bonds. The molecule has 1 atom stereocenters. The van der Waals surface area contributed by atoms with Gasteiger partial charge >= 0.3 is 11.9 Å². The van der Waals surface area contributed by atoms with Crippen molar-refractivity contribution in [1.29, 1.82) is 0 Å². The molecule has 0 radical (unpaired) electrons. The molecule has 0 aromatic heterocycles. The van der Waals surface area contributed by atoms with Crippen molar-refractivity contribution < 1.29 is 27.9 Å². The Bertz CT molecular complexity index is 418. The van der Waals surface area contributed by atoms with Gasteiger partial charge in [0.25, 0.3) is 0 Å². The highest BCUT2D eigenvalue weighted by molar-refractivity contribution is 7.89. The summed E-state index contributed by atoms with van der Waals surface area (Å²) in [5.74, 6) is -1.99. The van der Waals surface area contributed by atoms with Gasteiger partial charge in [0.05, 0.1) is 12.9 Å². The molecule has 0 saturated carbocycles. The predicted octanol–water partition coefficient (Wildman–Crippen LogP) is 0.748. The Hall–Kier alpha value is -1.15. The first-order valence-corrected chi connectivity index (χ1v) is 8.14. The quantitative estimate of drug-likeness (QED) is 0.455. The summed E-state index contributed by atoms with van der Waals surface area (Å²) < 4.78 is 30.1. The van der Waals surface area contributed by atoms with Crippen LogP contribution in [0.4, 0.5) is 0 Å². The average Bonchev–Trinajstić information content (AvgIpc) is 2.34. The lowest BCUT2D eigenvalue weighted by molar-refractivity contribution is -0.141. The number of nitrogens with one attached hydrogen (secondary N) is 1. The first kappa shape index (κ1) is 18.9. The highest BCUT2D eigenvalue weighted by Gasteiger charge is 2.26. The van der Waals surface area contributed by atoms with E-state index in [9.17, 15) is 18.0 Å². The summed E-state index contributed by atoms with van der Waals surface area (Å²) in [4.78, 5) is 21.8. The van der Waals surface area contributed by atoms with Crippen molar-refractivity contribution in [3.8, 4) is 0 Å². The van der Waals surface area contributed by atoms with Crippen LogP contribution >= 0.6 is 0 Å². The highest BCUT2D eigenvalue weighted by Crippen LogP contribution is 2.07. The number of aliphatic carboxylic acids is 1. The number of carbonyl (C=O) groups is 2. The summed E-state index contributed by atoms with van der Waals surface area (Å²) in [6.45, 7) is 3.27. The summed E-state index contributed by atoms with van der Waals surface area (Å²) in [7, 11) is -2.32. The SMILES string of the molecule is COC(=O)CCCCCS(=O)(=O)N[C@@H](C(=O)O)C(C)C. The molecular weight excluding hydrogens is 286 g/mol. The molecule has 0 aromatic rings. The Balaban J connectivity index is 4.13. The number of unbranched alkanes of at least 4 members (excludes halogenated alkanes) is 2. The Kier molecular flexibility index (Phi) is 8.40. The van der Waals surface area contributed by atoms with Crippen molar-refractivity contribution in [2.75, 3.05) is 12.9 Å². The molecule has 0 fully saturated rings. The summed E-state index contributed by atoms with van der Waals surface area (Å²) in [5, 5.41) is 8.93. The van der Waals surface area contributed by atoms with E-state index in [0.717, 1.165) is 0 Å². The third-order valence-electron chi connectivity index (χ3n) is 2.76. The Labute approximate surface area is 119 Å². The molecule has 0 unspecified atom stereocenters. The molecule has 0 aliphatic carbocycles. The monoisotopic (exact) mass is 309 g/mol. The second kappa shape index (κ2) is 8.91. The van der Waals surface area contributed by atoms with Crippen LogP contribution in [-0.2, 0) is 24.3 Å². The van der Waals surface area contributed by atoms with Crippen LogP contribution in [-0.4, -0.2) is 44.4 Å². The third-order valence-corrected chi connectivity index (χ3v) is 4.20. The Morgan fingerprint density at radius 1 is 1.20 bits per heavy atom. The largest absolute Gasteiger partial charge is 0.480 e. The van der Waals surface area contributed by atoms with Gasteiger partial charge in [0.2, 0.25) is 10.0 Å². The van der Waals surface area contributed by atoms with Gasteiger partial charge in [0, 0.05) is 6.42 Å². The molecule has 0 aromatic carbocycles. The van der Waals surface area contributed by atoms with E-state index in [1.165, 1.54) is 7.11 Å². The standard InChI is InChI=1S/C12H23NO6S/c1-9(2)11(12(15)16)13-20(17,18)8-6-4-5-7-10(14)19-3/h9,11,13H,4-8H2,1-3H3,(H,15,16)/t11-/m1/s1. The molecule has 0 aliphatic rings. The molecule has 0 rings (SSSR count). The lowest BCUT2D eigenvalue weighted by atomic mass is 10.1. The number of carboxylic acid groups (broad SMARTS) is 1. The topological polar surface area (TPSA) is 110 Å². The van der Waals surface area contributed by atoms with E-state index in [1.54, 1.807) is 13.8 Å². The lowest BCUT2D eigenvalue weighted by Gasteiger charge is -2.17. The molecule has 2 N–H and O–H groups in total. The maximum Gasteiger partial charge on any atom is 0.321 e. The van der Waals surface area contributed by atoms with Gasteiger partial charge in [-0.15, -0.1) is 0 Å². The number of carbonyl (C=O) groups excluding carboxylic acids is 1. The Morgan fingerprint density at radius 3 is 2.25 bits per heavy atom. The third kappa shape index (κ3) is 8.11. The van der Waals surface area contributed by atoms with Crippen LogP contribution in [0.3, 0.4) is 0 Å². The minimum absolute atomic E-state index is 0.148.